The van der Waals surface area contributed by atoms with Crippen molar-refractivity contribution in [3.8, 4) is 11.5 Å². The highest BCUT2D eigenvalue weighted by atomic mass is 16.5. The van der Waals surface area contributed by atoms with E-state index in [-0.39, 0.29) is 23.5 Å². The predicted octanol–water partition coefficient (Wildman–Crippen LogP) is 1.86. The standard InChI is InChI=1S/C16H17NO5/c1-22-12-5-4-10(7-11(12)18)17-15(19)13-8-2-3-9(6-8)14(13)16(20)21/h2-5,7-9,13-14,18H,6H2,1H3,(H,17,19)(H,20,21). The van der Waals surface area contributed by atoms with Crippen LogP contribution >= 0.6 is 0 Å². The molecule has 1 amide bonds. The zero-order chi connectivity index (χ0) is 15.9. The molecular weight excluding hydrogens is 286 g/mol. The van der Waals surface area contributed by atoms with Crippen molar-refractivity contribution in [3.05, 3.63) is 30.4 Å². The van der Waals surface area contributed by atoms with Crippen LogP contribution in [0.3, 0.4) is 0 Å². The summed E-state index contributed by atoms with van der Waals surface area (Å²) in [4.78, 5) is 23.9. The monoisotopic (exact) mass is 303 g/mol. The SMILES string of the molecule is COc1ccc(NC(=O)C2C3C=CC(C3)C2C(=O)O)cc1O. The van der Waals surface area contributed by atoms with Crippen LogP contribution in [0.5, 0.6) is 11.5 Å². The molecule has 1 fully saturated rings. The number of carboxylic acid groups (broad SMARTS) is 1. The van der Waals surface area contributed by atoms with Crippen LogP contribution in [0.2, 0.25) is 0 Å². The predicted molar refractivity (Wildman–Crippen MR) is 78.6 cm³/mol. The second-order valence-corrected chi connectivity index (χ2v) is 5.71. The van der Waals surface area contributed by atoms with E-state index in [1.165, 1.54) is 13.2 Å². The largest absolute Gasteiger partial charge is 0.504 e. The van der Waals surface area contributed by atoms with E-state index >= 15 is 0 Å². The van der Waals surface area contributed by atoms with Gasteiger partial charge in [-0.25, -0.2) is 0 Å². The Morgan fingerprint density at radius 1 is 1.23 bits per heavy atom. The minimum atomic E-state index is -0.936. The molecular formula is C16H17NO5. The number of phenols is 1. The molecule has 0 saturated heterocycles. The van der Waals surface area contributed by atoms with Crippen molar-refractivity contribution in [2.24, 2.45) is 23.7 Å². The number of allylic oxidation sites excluding steroid dienone is 2. The summed E-state index contributed by atoms with van der Waals surface area (Å²) in [5.41, 5.74) is 0.416. The molecule has 1 aromatic rings. The summed E-state index contributed by atoms with van der Waals surface area (Å²) in [7, 11) is 1.44. The Labute approximate surface area is 127 Å². The fourth-order valence-electron chi connectivity index (χ4n) is 3.51. The Hall–Kier alpha value is -2.50. The lowest BCUT2D eigenvalue weighted by atomic mass is 9.82. The number of carboxylic acids is 1. The van der Waals surface area contributed by atoms with Crippen LogP contribution in [-0.4, -0.2) is 29.2 Å². The molecule has 4 unspecified atom stereocenters. The Balaban J connectivity index is 1.78. The second-order valence-electron chi connectivity index (χ2n) is 5.71. The average molecular weight is 303 g/mol. The van der Waals surface area contributed by atoms with Crippen LogP contribution in [0.25, 0.3) is 0 Å². The summed E-state index contributed by atoms with van der Waals surface area (Å²) in [6, 6.07) is 4.53. The fraction of sp³-hybridized carbons (Fsp3) is 0.375. The minimum Gasteiger partial charge on any atom is -0.504 e. The number of ether oxygens (including phenoxy) is 1. The van der Waals surface area contributed by atoms with E-state index in [2.05, 4.69) is 5.32 Å². The number of anilines is 1. The van der Waals surface area contributed by atoms with Crippen LogP contribution < -0.4 is 10.1 Å². The van der Waals surface area contributed by atoms with Gasteiger partial charge in [-0.15, -0.1) is 0 Å². The first-order chi connectivity index (χ1) is 10.5. The van der Waals surface area contributed by atoms with E-state index in [1.54, 1.807) is 12.1 Å². The van der Waals surface area contributed by atoms with E-state index in [9.17, 15) is 19.8 Å². The topological polar surface area (TPSA) is 95.9 Å². The van der Waals surface area contributed by atoms with Gasteiger partial charge in [0.2, 0.25) is 5.91 Å². The highest BCUT2D eigenvalue weighted by Gasteiger charge is 2.51. The molecule has 22 heavy (non-hydrogen) atoms. The van der Waals surface area contributed by atoms with Gasteiger partial charge in [-0.3, -0.25) is 9.59 Å². The molecule has 2 aliphatic carbocycles. The zero-order valence-corrected chi connectivity index (χ0v) is 12.0. The lowest BCUT2D eigenvalue weighted by molar-refractivity contribution is -0.146. The zero-order valence-electron chi connectivity index (χ0n) is 12.0. The van der Waals surface area contributed by atoms with Crippen LogP contribution in [0.4, 0.5) is 5.69 Å². The number of fused-ring (bicyclic) bond motifs is 2. The third kappa shape index (κ3) is 2.30. The number of hydrogen-bond acceptors (Lipinski definition) is 4. The summed E-state index contributed by atoms with van der Waals surface area (Å²) in [6.07, 6.45) is 4.54. The maximum absolute atomic E-state index is 12.5. The molecule has 0 spiro atoms. The molecule has 1 aromatic carbocycles. The lowest BCUT2D eigenvalue weighted by Gasteiger charge is -2.23. The smallest absolute Gasteiger partial charge is 0.307 e. The second kappa shape index (κ2) is 5.36. The van der Waals surface area contributed by atoms with Gasteiger partial charge in [0.15, 0.2) is 11.5 Å². The van der Waals surface area contributed by atoms with Crippen molar-refractivity contribution >= 4 is 17.6 Å². The summed E-state index contributed by atoms with van der Waals surface area (Å²) in [6.45, 7) is 0. The quantitative estimate of drug-likeness (QED) is 0.738. The number of benzene rings is 1. The summed E-state index contributed by atoms with van der Waals surface area (Å²) in [5, 5.41) is 21.8. The van der Waals surface area contributed by atoms with Gasteiger partial charge in [0.05, 0.1) is 18.9 Å². The molecule has 4 atom stereocenters. The third-order valence-corrected chi connectivity index (χ3v) is 4.49. The molecule has 1 saturated carbocycles. The van der Waals surface area contributed by atoms with Gasteiger partial charge >= 0.3 is 5.97 Å². The van der Waals surface area contributed by atoms with Crippen molar-refractivity contribution < 1.29 is 24.5 Å². The Kier molecular flexibility index (Phi) is 3.52. The van der Waals surface area contributed by atoms with Crippen molar-refractivity contribution in [1.29, 1.82) is 0 Å². The van der Waals surface area contributed by atoms with Gasteiger partial charge in [-0.2, -0.15) is 0 Å². The lowest BCUT2D eigenvalue weighted by Crippen LogP contribution is -2.36. The molecule has 0 aliphatic heterocycles. The van der Waals surface area contributed by atoms with Crippen LogP contribution in [0.15, 0.2) is 30.4 Å². The molecule has 0 radical (unpaired) electrons. The first-order valence-electron chi connectivity index (χ1n) is 7.10. The van der Waals surface area contributed by atoms with Gasteiger partial charge in [0.1, 0.15) is 0 Å². The first-order valence-corrected chi connectivity index (χ1v) is 7.10. The van der Waals surface area contributed by atoms with Crippen molar-refractivity contribution in [3.63, 3.8) is 0 Å². The van der Waals surface area contributed by atoms with E-state index in [1.807, 2.05) is 12.2 Å². The Bertz CT molecular complexity index is 654. The number of amides is 1. The number of aliphatic carboxylic acids is 1. The molecule has 6 nitrogen and oxygen atoms in total. The van der Waals surface area contributed by atoms with Crippen molar-refractivity contribution in [2.75, 3.05) is 12.4 Å². The van der Waals surface area contributed by atoms with Gasteiger partial charge < -0.3 is 20.3 Å². The summed E-state index contributed by atoms with van der Waals surface area (Å²) < 4.78 is 4.94. The number of rotatable bonds is 4. The fourth-order valence-corrected chi connectivity index (χ4v) is 3.51. The minimum absolute atomic E-state index is 0.0297. The molecule has 0 heterocycles. The van der Waals surface area contributed by atoms with Crippen molar-refractivity contribution in [2.45, 2.75) is 6.42 Å². The average Bonchev–Trinajstić information content (AvgIpc) is 3.07. The van der Waals surface area contributed by atoms with Crippen LogP contribution in [0, 0.1) is 23.7 Å². The molecule has 3 N–H and O–H groups in total. The number of aromatic hydroxyl groups is 1. The van der Waals surface area contributed by atoms with E-state index < -0.39 is 17.8 Å². The van der Waals surface area contributed by atoms with Crippen LogP contribution in [-0.2, 0) is 9.59 Å². The molecule has 6 heteroatoms. The van der Waals surface area contributed by atoms with Crippen molar-refractivity contribution in [1.82, 2.24) is 0 Å². The van der Waals surface area contributed by atoms with E-state index in [0.717, 1.165) is 0 Å². The normalized spacial score (nSPS) is 28.6. The van der Waals surface area contributed by atoms with Gasteiger partial charge in [-0.1, -0.05) is 12.2 Å². The molecule has 116 valence electrons. The van der Waals surface area contributed by atoms with Gasteiger partial charge in [0, 0.05) is 11.8 Å². The Morgan fingerprint density at radius 2 is 1.91 bits per heavy atom. The summed E-state index contributed by atoms with van der Waals surface area (Å²) in [5.74, 6) is -2.38. The maximum atomic E-state index is 12.5. The van der Waals surface area contributed by atoms with E-state index in [4.69, 9.17) is 4.74 Å². The molecule has 2 bridgehead atoms. The number of carbonyl (C=O) groups excluding carboxylic acids is 1. The number of phenolic OH excluding ortho intramolecular Hbond substituents is 1. The molecule has 0 aromatic heterocycles. The maximum Gasteiger partial charge on any atom is 0.307 e. The first kappa shape index (κ1) is 14.4. The number of methoxy groups -OCH3 is 1. The molecule has 2 aliphatic rings. The molecule has 3 rings (SSSR count). The van der Waals surface area contributed by atoms with Gasteiger partial charge in [-0.05, 0) is 30.4 Å². The van der Waals surface area contributed by atoms with Crippen LogP contribution in [0.1, 0.15) is 6.42 Å². The number of nitrogens with one attached hydrogen (secondary N) is 1. The third-order valence-electron chi connectivity index (χ3n) is 4.49. The highest BCUT2D eigenvalue weighted by Crippen LogP contribution is 2.48. The highest BCUT2D eigenvalue weighted by molar-refractivity contribution is 5.96. The number of carbonyl (C=O) groups is 2. The number of hydrogen-bond donors (Lipinski definition) is 3. The van der Waals surface area contributed by atoms with Gasteiger partial charge in [0.25, 0.3) is 0 Å². The Morgan fingerprint density at radius 3 is 2.50 bits per heavy atom. The summed E-state index contributed by atoms with van der Waals surface area (Å²) >= 11 is 0. The van der Waals surface area contributed by atoms with E-state index in [0.29, 0.717) is 17.9 Å².